The van der Waals surface area contributed by atoms with E-state index in [1.54, 1.807) is 30.9 Å². The smallest absolute Gasteiger partial charge is 0.391 e. The molecule has 34 heavy (non-hydrogen) atoms. The van der Waals surface area contributed by atoms with Crippen LogP contribution in [0.25, 0.3) is 0 Å². The van der Waals surface area contributed by atoms with Crippen LogP contribution in [0.4, 0.5) is 10.1 Å². The highest BCUT2D eigenvalue weighted by Gasteiger charge is 2.45. The van der Waals surface area contributed by atoms with E-state index in [9.17, 15) is 13.2 Å². The van der Waals surface area contributed by atoms with E-state index in [-0.39, 0.29) is 24.0 Å². The van der Waals surface area contributed by atoms with Crippen molar-refractivity contribution in [2.45, 2.75) is 37.6 Å². The Morgan fingerprint density at radius 1 is 1.29 bits per heavy atom. The van der Waals surface area contributed by atoms with E-state index < -0.39 is 33.6 Å². The zero-order valence-electron chi connectivity index (χ0n) is 18.9. The van der Waals surface area contributed by atoms with Crippen LogP contribution in [0.1, 0.15) is 41.5 Å². The number of halogens is 2. The molecular formula is C22H25ClFN5O4S. The Morgan fingerprint density at radius 2 is 2.03 bits per heavy atom. The van der Waals surface area contributed by atoms with Crippen molar-refractivity contribution in [3.05, 3.63) is 74.3 Å². The number of fused-ring (bicyclic) bond motifs is 1. The number of H-pyrrole nitrogens is 1. The first-order chi connectivity index (χ1) is 16.1. The molecule has 1 aliphatic rings. The maximum Gasteiger partial charge on any atom is 0.434 e. The molecule has 12 heteroatoms. The van der Waals surface area contributed by atoms with Gasteiger partial charge in [-0.3, -0.25) is 0 Å². The summed E-state index contributed by atoms with van der Waals surface area (Å²) in [6, 6.07) is 6.35. The highest BCUT2D eigenvalue weighted by Crippen LogP contribution is 2.44. The topological polar surface area (TPSA) is 126 Å². The van der Waals surface area contributed by atoms with Crippen LogP contribution in [-0.4, -0.2) is 42.7 Å². The number of aromatic nitrogens is 2. The van der Waals surface area contributed by atoms with Gasteiger partial charge in [0.15, 0.2) is 0 Å². The van der Waals surface area contributed by atoms with Crippen molar-refractivity contribution in [2.75, 3.05) is 24.7 Å². The minimum atomic E-state index is -4.12. The summed E-state index contributed by atoms with van der Waals surface area (Å²) < 4.78 is 49.1. The molecule has 182 valence electrons. The van der Waals surface area contributed by atoms with Crippen molar-refractivity contribution in [3.63, 3.8) is 0 Å². The molecule has 2 aromatic carbocycles. The molecular weight excluding hydrogens is 485 g/mol. The number of anilines is 1. The molecule has 1 aliphatic heterocycles. The number of nitrogens with one attached hydrogen (secondary N) is 1. The lowest BCUT2D eigenvalue weighted by atomic mass is 9.87. The van der Waals surface area contributed by atoms with Crippen LogP contribution in [0.15, 0.2) is 44.4 Å². The summed E-state index contributed by atoms with van der Waals surface area (Å²) >= 11 is 6.14. The molecule has 0 bridgehead atoms. The summed E-state index contributed by atoms with van der Waals surface area (Å²) in [7, 11) is -4.12. The second-order valence-electron chi connectivity index (χ2n) is 8.29. The normalized spacial score (nSPS) is 17.4. The molecule has 0 aliphatic carbocycles. The molecule has 0 spiro atoms. The molecule has 0 unspecified atom stereocenters. The Labute approximate surface area is 201 Å². The van der Waals surface area contributed by atoms with Gasteiger partial charge in [0.1, 0.15) is 16.8 Å². The van der Waals surface area contributed by atoms with Crippen molar-refractivity contribution in [2.24, 2.45) is 5.73 Å². The van der Waals surface area contributed by atoms with Gasteiger partial charge in [-0.05, 0) is 54.8 Å². The maximum atomic E-state index is 15.1. The van der Waals surface area contributed by atoms with Gasteiger partial charge in [0.05, 0.1) is 12.4 Å². The van der Waals surface area contributed by atoms with Gasteiger partial charge in [-0.2, -0.15) is 4.31 Å². The monoisotopic (exact) mass is 509 g/mol. The lowest BCUT2D eigenvalue weighted by Crippen LogP contribution is -2.50. The summed E-state index contributed by atoms with van der Waals surface area (Å²) in [4.78, 5) is 13.6. The lowest BCUT2D eigenvalue weighted by molar-refractivity contribution is 0.235. The van der Waals surface area contributed by atoms with E-state index in [4.69, 9.17) is 21.8 Å². The largest absolute Gasteiger partial charge is 0.434 e. The van der Waals surface area contributed by atoms with Crippen LogP contribution < -0.4 is 16.4 Å². The summed E-state index contributed by atoms with van der Waals surface area (Å²) in [6.45, 7) is 5.77. The first kappa shape index (κ1) is 24.4. The quantitative estimate of drug-likeness (QED) is 0.523. The van der Waals surface area contributed by atoms with Crippen LogP contribution in [0.3, 0.4) is 0 Å². The number of benzene rings is 2. The number of aromatic amines is 1. The van der Waals surface area contributed by atoms with E-state index in [1.807, 2.05) is 6.92 Å². The van der Waals surface area contributed by atoms with Crippen molar-refractivity contribution in [1.29, 1.82) is 0 Å². The van der Waals surface area contributed by atoms with Crippen LogP contribution in [0.2, 0.25) is 5.02 Å². The maximum absolute atomic E-state index is 15.1. The van der Waals surface area contributed by atoms with Gasteiger partial charge in [0.25, 0.3) is 0 Å². The summed E-state index contributed by atoms with van der Waals surface area (Å²) in [6.07, 6.45) is 0. The summed E-state index contributed by atoms with van der Waals surface area (Å²) in [5, 5.41) is 6.50. The van der Waals surface area contributed by atoms with Crippen molar-refractivity contribution >= 4 is 27.3 Å². The first-order valence-electron chi connectivity index (χ1n) is 10.6. The molecule has 2 heterocycles. The third-order valence-electron chi connectivity index (χ3n) is 6.24. The number of hydrogen-bond donors (Lipinski definition) is 2. The fourth-order valence-corrected chi connectivity index (χ4v) is 6.44. The van der Waals surface area contributed by atoms with Crippen molar-refractivity contribution in [1.82, 2.24) is 14.5 Å². The molecule has 9 nitrogen and oxygen atoms in total. The first-order valence-corrected chi connectivity index (χ1v) is 12.5. The second kappa shape index (κ2) is 9.14. The highest BCUT2D eigenvalue weighted by molar-refractivity contribution is 7.89. The number of nitrogens with two attached hydrogens (primary N) is 1. The lowest BCUT2D eigenvalue weighted by Gasteiger charge is -2.42. The fraction of sp³-hybridized carbons (Fsp3) is 0.364. The van der Waals surface area contributed by atoms with Gasteiger partial charge in [-0.1, -0.05) is 24.6 Å². The number of sulfonamides is 1. The minimum absolute atomic E-state index is 0.0214. The standard InChI is InChI=1S/C22H25ClFN5O4S/c1-12-4-6-16(24)19(13(12)2)14(3)20(21-26-27-22(30)33-21)29-11-28(9-8-25)17-10-15(23)5-7-18(17)34(29,31)32/h4-7,10,14,20H,8-9,11,25H2,1-3H3,(H,27,30)/t14-,20+/m1/s1. The number of rotatable bonds is 6. The minimum Gasteiger partial charge on any atom is -0.391 e. The van der Waals surface area contributed by atoms with E-state index in [2.05, 4.69) is 10.2 Å². The van der Waals surface area contributed by atoms with E-state index in [0.29, 0.717) is 28.4 Å². The second-order valence-corrected chi connectivity index (χ2v) is 10.6. The molecule has 4 rings (SSSR count). The Morgan fingerprint density at radius 3 is 2.68 bits per heavy atom. The van der Waals surface area contributed by atoms with Crippen LogP contribution in [0, 0.1) is 19.7 Å². The van der Waals surface area contributed by atoms with Gasteiger partial charge in [0.2, 0.25) is 15.9 Å². The van der Waals surface area contributed by atoms with Gasteiger partial charge < -0.3 is 15.1 Å². The molecule has 0 radical (unpaired) electrons. The van der Waals surface area contributed by atoms with E-state index in [0.717, 1.165) is 5.56 Å². The molecule has 0 saturated carbocycles. The Bertz CT molecular complexity index is 1390. The molecule has 0 saturated heterocycles. The molecule has 0 amide bonds. The van der Waals surface area contributed by atoms with Gasteiger partial charge in [-0.15, -0.1) is 5.10 Å². The molecule has 3 aromatic rings. The third-order valence-corrected chi connectivity index (χ3v) is 8.33. The Kier molecular flexibility index (Phi) is 6.56. The third kappa shape index (κ3) is 4.13. The summed E-state index contributed by atoms with van der Waals surface area (Å²) in [5.41, 5.74) is 8.05. The van der Waals surface area contributed by atoms with Crippen LogP contribution in [-0.2, 0) is 10.0 Å². The van der Waals surface area contributed by atoms with Gasteiger partial charge in [0, 0.05) is 24.0 Å². The molecule has 3 N–H and O–H groups in total. The highest BCUT2D eigenvalue weighted by atomic mass is 35.5. The fourth-order valence-electron chi connectivity index (χ4n) is 4.46. The number of nitrogens with zero attached hydrogens (tertiary/aromatic N) is 3. The molecule has 2 atom stereocenters. The van der Waals surface area contributed by atoms with E-state index in [1.165, 1.54) is 22.5 Å². The average Bonchev–Trinajstić information content (AvgIpc) is 3.20. The summed E-state index contributed by atoms with van der Waals surface area (Å²) in [5.74, 6) is -2.24. The van der Waals surface area contributed by atoms with Gasteiger partial charge in [-0.25, -0.2) is 22.7 Å². The Balaban J connectivity index is 1.93. The van der Waals surface area contributed by atoms with Crippen molar-refractivity contribution < 1.29 is 17.2 Å². The Hall–Kier alpha value is -2.73. The zero-order valence-corrected chi connectivity index (χ0v) is 20.5. The molecule has 1 aromatic heterocycles. The average molecular weight is 510 g/mol. The van der Waals surface area contributed by atoms with Gasteiger partial charge >= 0.3 is 5.76 Å². The predicted octanol–water partition coefficient (Wildman–Crippen LogP) is 3.04. The zero-order chi connectivity index (χ0) is 24.8. The number of hydrogen-bond acceptors (Lipinski definition) is 7. The van der Waals surface area contributed by atoms with E-state index >= 15 is 4.39 Å². The van der Waals surface area contributed by atoms with Crippen LogP contribution in [0.5, 0.6) is 0 Å². The van der Waals surface area contributed by atoms with Crippen molar-refractivity contribution in [3.8, 4) is 0 Å². The van der Waals surface area contributed by atoms with Crippen LogP contribution >= 0.6 is 11.6 Å². The SMILES string of the molecule is Cc1ccc(F)c([C@@H](C)[C@@H](c2n[nH]c(=O)o2)N2CN(CCN)c3cc(Cl)ccc3S2(=O)=O)c1C. The predicted molar refractivity (Wildman–Crippen MR) is 126 cm³/mol. The number of aryl methyl sites for hydroxylation is 1. The molecule has 0 fully saturated rings.